The molecule has 2 N–H and O–H groups in total. The summed E-state index contributed by atoms with van der Waals surface area (Å²) in [5, 5.41) is 5.41. The maximum Gasteiger partial charge on any atom is 0.407 e. The minimum Gasteiger partial charge on any atom is -0.459 e. The van der Waals surface area contributed by atoms with E-state index in [0.29, 0.717) is 24.9 Å². The van der Waals surface area contributed by atoms with Gasteiger partial charge in [-0.15, -0.1) is 0 Å². The van der Waals surface area contributed by atoms with Gasteiger partial charge in [0.1, 0.15) is 26.4 Å². The zero-order valence-electron chi connectivity index (χ0n) is 17.1. The van der Waals surface area contributed by atoms with E-state index in [1.165, 1.54) is 0 Å². The molecule has 0 unspecified atom stereocenters. The smallest absolute Gasteiger partial charge is 0.407 e. The van der Waals surface area contributed by atoms with Crippen molar-refractivity contribution in [3.8, 4) is 0 Å². The second-order valence-electron chi connectivity index (χ2n) is 6.66. The number of hydrogen-bond donors (Lipinski definition) is 2. The van der Waals surface area contributed by atoms with E-state index in [1.54, 1.807) is 0 Å². The first-order chi connectivity index (χ1) is 14.4. The molecule has 1 saturated carbocycles. The molecule has 10 heteroatoms. The van der Waals surface area contributed by atoms with Crippen molar-refractivity contribution < 1.29 is 38.1 Å². The Morgan fingerprint density at radius 3 is 1.33 bits per heavy atom. The fourth-order valence-corrected chi connectivity index (χ4v) is 2.87. The molecule has 1 rings (SSSR count). The second kappa shape index (κ2) is 14.9. The van der Waals surface area contributed by atoms with Gasteiger partial charge in [-0.3, -0.25) is 0 Å². The van der Waals surface area contributed by atoms with Gasteiger partial charge >= 0.3 is 24.1 Å². The van der Waals surface area contributed by atoms with Gasteiger partial charge in [0.15, 0.2) is 0 Å². The number of rotatable bonds is 12. The molecule has 2 amide bonds. The minimum absolute atomic E-state index is 0.0151. The predicted octanol–water partition coefficient (Wildman–Crippen LogP) is 1.70. The topological polar surface area (TPSA) is 129 Å². The van der Waals surface area contributed by atoms with E-state index in [1.807, 2.05) is 0 Å². The van der Waals surface area contributed by atoms with Crippen LogP contribution in [0.25, 0.3) is 0 Å². The Kier molecular flexibility index (Phi) is 12.4. The molecule has 0 saturated heterocycles. The number of nitrogens with one attached hydrogen (secondary N) is 2. The molecule has 168 valence electrons. The lowest BCUT2D eigenvalue weighted by Gasteiger charge is -2.28. The van der Waals surface area contributed by atoms with Gasteiger partial charge in [-0.1, -0.05) is 13.2 Å². The van der Waals surface area contributed by atoms with Crippen LogP contribution in [0.2, 0.25) is 0 Å². The van der Waals surface area contributed by atoms with Gasteiger partial charge in [-0.2, -0.15) is 0 Å². The van der Waals surface area contributed by atoms with E-state index in [-0.39, 0.29) is 26.4 Å². The van der Waals surface area contributed by atoms with Crippen molar-refractivity contribution in [3.05, 3.63) is 25.3 Å². The van der Waals surface area contributed by atoms with Gasteiger partial charge in [0, 0.05) is 25.2 Å². The summed E-state index contributed by atoms with van der Waals surface area (Å²) < 4.78 is 19.2. The zero-order valence-corrected chi connectivity index (χ0v) is 17.1. The molecule has 0 heterocycles. The molecule has 1 aliphatic rings. The van der Waals surface area contributed by atoms with Crippen LogP contribution in [0.1, 0.15) is 25.7 Å². The molecule has 1 fully saturated rings. The van der Waals surface area contributed by atoms with Crippen LogP contribution in [0.5, 0.6) is 0 Å². The molecule has 0 bridgehead atoms. The summed E-state index contributed by atoms with van der Waals surface area (Å²) in [7, 11) is 0. The van der Waals surface area contributed by atoms with Crippen LogP contribution in [0.3, 0.4) is 0 Å². The third-order valence-electron chi connectivity index (χ3n) is 4.49. The highest BCUT2D eigenvalue weighted by molar-refractivity contribution is 5.81. The highest BCUT2D eigenvalue weighted by atomic mass is 16.6. The van der Waals surface area contributed by atoms with Gasteiger partial charge < -0.3 is 29.6 Å². The molecule has 0 radical (unpaired) electrons. The molecule has 0 aromatic carbocycles. The maximum atomic E-state index is 11.6. The molecule has 0 aromatic rings. The first kappa shape index (κ1) is 25.0. The largest absolute Gasteiger partial charge is 0.459 e. The Labute approximate surface area is 175 Å². The van der Waals surface area contributed by atoms with Crippen molar-refractivity contribution in [2.45, 2.75) is 25.7 Å². The van der Waals surface area contributed by atoms with Crippen molar-refractivity contribution in [2.24, 2.45) is 11.8 Å². The molecule has 0 atom stereocenters. The van der Waals surface area contributed by atoms with Gasteiger partial charge in [0.25, 0.3) is 0 Å². The van der Waals surface area contributed by atoms with E-state index in [2.05, 4.69) is 23.8 Å². The Morgan fingerprint density at radius 1 is 0.667 bits per heavy atom. The van der Waals surface area contributed by atoms with Crippen LogP contribution in [0, 0.1) is 11.8 Å². The number of alkyl carbamates (subject to hydrolysis) is 2. The lowest BCUT2D eigenvalue weighted by molar-refractivity contribution is -0.139. The number of amides is 2. The third-order valence-corrected chi connectivity index (χ3v) is 4.49. The summed E-state index contributed by atoms with van der Waals surface area (Å²) >= 11 is 0. The summed E-state index contributed by atoms with van der Waals surface area (Å²) in [6.07, 6.45) is 4.69. The highest BCUT2D eigenvalue weighted by Crippen LogP contribution is 2.27. The van der Waals surface area contributed by atoms with Crippen LogP contribution >= 0.6 is 0 Å². The average Bonchev–Trinajstić information content (AvgIpc) is 2.76. The molecule has 10 nitrogen and oxygen atoms in total. The first-order valence-corrected chi connectivity index (χ1v) is 9.84. The van der Waals surface area contributed by atoms with Crippen LogP contribution in [-0.2, 0) is 28.5 Å². The molecule has 30 heavy (non-hydrogen) atoms. The predicted molar refractivity (Wildman–Crippen MR) is 106 cm³/mol. The van der Waals surface area contributed by atoms with Crippen molar-refractivity contribution in [3.63, 3.8) is 0 Å². The molecule has 0 spiro atoms. The molecular formula is C20H30N2O8. The van der Waals surface area contributed by atoms with E-state index in [4.69, 9.17) is 18.9 Å². The quantitative estimate of drug-likeness (QED) is 0.209. The number of esters is 2. The van der Waals surface area contributed by atoms with Crippen LogP contribution in [0.15, 0.2) is 25.3 Å². The summed E-state index contributed by atoms with van der Waals surface area (Å²) in [5.41, 5.74) is 0. The lowest BCUT2D eigenvalue weighted by Crippen LogP contribution is -2.35. The Bertz CT molecular complexity index is 548. The number of carbonyl (C=O) groups is 4. The van der Waals surface area contributed by atoms with Crippen LogP contribution in [-0.4, -0.2) is 63.6 Å². The number of ether oxygens (including phenoxy) is 4. The SMILES string of the molecule is C=CC(=O)OCCOC(=O)NCC1CCC(CNC(=O)OCCOC(=O)C=C)CC1. The Balaban J connectivity index is 2.04. The summed E-state index contributed by atoms with van der Waals surface area (Å²) in [4.78, 5) is 44.9. The van der Waals surface area contributed by atoms with Crippen LogP contribution < -0.4 is 10.6 Å². The molecule has 0 aliphatic heterocycles. The Hall–Kier alpha value is -3.04. The van der Waals surface area contributed by atoms with Gasteiger partial charge in [0.05, 0.1) is 0 Å². The molecule has 1 aliphatic carbocycles. The van der Waals surface area contributed by atoms with Crippen molar-refractivity contribution >= 4 is 24.1 Å². The second-order valence-corrected chi connectivity index (χ2v) is 6.66. The van der Waals surface area contributed by atoms with Gasteiger partial charge in [-0.05, 0) is 37.5 Å². The summed E-state index contributed by atoms with van der Waals surface area (Å²) in [6, 6.07) is 0. The fourth-order valence-electron chi connectivity index (χ4n) is 2.87. The summed E-state index contributed by atoms with van der Waals surface area (Å²) in [5.74, 6) is -0.433. The van der Waals surface area contributed by atoms with E-state index in [0.717, 1.165) is 37.8 Å². The zero-order chi connectivity index (χ0) is 22.2. The highest BCUT2D eigenvalue weighted by Gasteiger charge is 2.22. The standard InChI is InChI=1S/C20H30N2O8/c1-3-17(23)27-9-11-29-19(25)21-13-15-5-7-16(8-6-15)14-22-20(26)30-12-10-28-18(24)4-2/h3-4,15-16H,1-2,5-14H2,(H,21,25)(H,22,26). The fraction of sp³-hybridized carbons (Fsp3) is 0.600. The van der Waals surface area contributed by atoms with E-state index < -0.39 is 24.1 Å². The number of hydrogen-bond acceptors (Lipinski definition) is 8. The van der Waals surface area contributed by atoms with Crippen molar-refractivity contribution in [1.82, 2.24) is 10.6 Å². The third kappa shape index (κ3) is 11.7. The van der Waals surface area contributed by atoms with Gasteiger partial charge in [0.2, 0.25) is 0 Å². The normalized spacial score (nSPS) is 17.7. The minimum atomic E-state index is -0.562. The maximum absolute atomic E-state index is 11.6. The average molecular weight is 426 g/mol. The van der Waals surface area contributed by atoms with Crippen LogP contribution in [0.4, 0.5) is 9.59 Å². The lowest BCUT2D eigenvalue weighted by atomic mass is 9.82. The van der Waals surface area contributed by atoms with E-state index >= 15 is 0 Å². The van der Waals surface area contributed by atoms with Crippen molar-refractivity contribution in [2.75, 3.05) is 39.5 Å². The Morgan fingerprint density at radius 2 is 1.00 bits per heavy atom. The van der Waals surface area contributed by atoms with E-state index in [9.17, 15) is 19.2 Å². The molecular weight excluding hydrogens is 396 g/mol. The molecule has 0 aromatic heterocycles. The number of carbonyl (C=O) groups excluding carboxylic acids is 4. The van der Waals surface area contributed by atoms with Crippen molar-refractivity contribution in [1.29, 1.82) is 0 Å². The summed E-state index contributed by atoms with van der Waals surface area (Å²) in [6.45, 7) is 7.49. The first-order valence-electron chi connectivity index (χ1n) is 9.84. The van der Waals surface area contributed by atoms with Gasteiger partial charge in [-0.25, -0.2) is 19.2 Å². The monoisotopic (exact) mass is 426 g/mol.